The third kappa shape index (κ3) is 4.31. The van der Waals surface area contributed by atoms with Gasteiger partial charge in [0, 0.05) is 17.5 Å². The van der Waals surface area contributed by atoms with E-state index in [0.29, 0.717) is 11.6 Å². The molecule has 1 amide bonds. The van der Waals surface area contributed by atoms with Crippen LogP contribution in [-0.4, -0.2) is 19.5 Å². The van der Waals surface area contributed by atoms with E-state index in [1.807, 2.05) is 38.2 Å². The molecule has 0 aromatic heterocycles. The molecule has 2 atom stereocenters. The second-order valence-electron chi connectivity index (χ2n) is 4.48. The summed E-state index contributed by atoms with van der Waals surface area (Å²) < 4.78 is 0. The van der Waals surface area contributed by atoms with Gasteiger partial charge in [0.2, 0.25) is 5.91 Å². The molecule has 0 radical (unpaired) electrons. The first kappa shape index (κ1) is 15.0. The Morgan fingerprint density at radius 2 is 2.17 bits per heavy atom. The van der Waals surface area contributed by atoms with Crippen LogP contribution in [0.3, 0.4) is 0 Å². The lowest BCUT2D eigenvalue weighted by Gasteiger charge is -2.20. The Morgan fingerprint density at radius 3 is 2.72 bits per heavy atom. The molecular weight excluding hydrogens is 248 g/mol. The standard InChI is InChI=1S/C14H21ClN2O/c1-4-13(11-6-5-7-12(15)8-11)17-14(18)10(2)9-16-3/h5-8,10,13,16H,4,9H2,1-3H3,(H,17,18). The maximum atomic E-state index is 12.0. The molecule has 3 nitrogen and oxygen atoms in total. The van der Waals surface area contributed by atoms with Gasteiger partial charge in [-0.2, -0.15) is 0 Å². The van der Waals surface area contributed by atoms with Gasteiger partial charge < -0.3 is 10.6 Å². The molecule has 1 aromatic rings. The Labute approximate surface area is 114 Å². The van der Waals surface area contributed by atoms with Crippen molar-refractivity contribution in [3.63, 3.8) is 0 Å². The van der Waals surface area contributed by atoms with Crippen LogP contribution in [0.15, 0.2) is 24.3 Å². The number of carbonyl (C=O) groups is 1. The second-order valence-corrected chi connectivity index (χ2v) is 4.92. The predicted octanol–water partition coefficient (Wildman–Crippen LogP) is 2.76. The molecule has 2 unspecified atom stereocenters. The maximum Gasteiger partial charge on any atom is 0.224 e. The minimum Gasteiger partial charge on any atom is -0.349 e. The summed E-state index contributed by atoms with van der Waals surface area (Å²) in [7, 11) is 1.85. The first-order chi connectivity index (χ1) is 8.58. The summed E-state index contributed by atoms with van der Waals surface area (Å²) in [6.45, 7) is 4.64. The van der Waals surface area contributed by atoms with Crippen molar-refractivity contribution in [3.05, 3.63) is 34.9 Å². The number of hydrogen-bond acceptors (Lipinski definition) is 2. The van der Waals surface area contributed by atoms with Gasteiger partial charge in [-0.15, -0.1) is 0 Å². The zero-order chi connectivity index (χ0) is 13.5. The van der Waals surface area contributed by atoms with Gasteiger partial charge in [-0.1, -0.05) is 37.6 Å². The van der Waals surface area contributed by atoms with E-state index < -0.39 is 0 Å². The molecule has 100 valence electrons. The summed E-state index contributed by atoms with van der Waals surface area (Å²) in [5.41, 5.74) is 1.05. The molecule has 0 aliphatic carbocycles. The van der Waals surface area contributed by atoms with E-state index in [-0.39, 0.29) is 17.9 Å². The molecule has 0 aliphatic heterocycles. The van der Waals surface area contributed by atoms with Crippen LogP contribution in [-0.2, 0) is 4.79 Å². The Morgan fingerprint density at radius 1 is 1.44 bits per heavy atom. The molecular formula is C14H21ClN2O. The van der Waals surface area contributed by atoms with Crippen LogP contribution >= 0.6 is 11.6 Å². The van der Waals surface area contributed by atoms with Gasteiger partial charge in [0.1, 0.15) is 0 Å². The van der Waals surface area contributed by atoms with Gasteiger partial charge >= 0.3 is 0 Å². The van der Waals surface area contributed by atoms with E-state index in [1.54, 1.807) is 0 Å². The fourth-order valence-electron chi connectivity index (χ4n) is 1.86. The topological polar surface area (TPSA) is 41.1 Å². The van der Waals surface area contributed by atoms with E-state index in [1.165, 1.54) is 0 Å². The molecule has 0 spiro atoms. The highest BCUT2D eigenvalue weighted by Crippen LogP contribution is 2.20. The lowest BCUT2D eigenvalue weighted by atomic mass is 10.0. The minimum atomic E-state index is -0.0387. The molecule has 1 aromatic carbocycles. The smallest absolute Gasteiger partial charge is 0.224 e. The van der Waals surface area contributed by atoms with Gasteiger partial charge in [-0.25, -0.2) is 0 Å². The number of rotatable bonds is 6. The van der Waals surface area contributed by atoms with Gasteiger partial charge in [0.15, 0.2) is 0 Å². The molecule has 0 fully saturated rings. The third-order valence-corrected chi connectivity index (χ3v) is 3.17. The van der Waals surface area contributed by atoms with Gasteiger partial charge in [-0.3, -0.25) is 4.79 Å². The van der Waals surface area contributed by atoms with Gasteiger partial charge in [0.25, 0.3) is 0 Å². The molecule has 0 saturated carbocycles. The highest BCUT2D eigenvalue weighted by atomic mass is 35.5. The number of hydrogen-bond donors (Lipinski definition) is 2. The summed E-state index contributed by atoms with van der Waals surface area (Å²) in [4.78, 5) is 12.0. The van der Waals surface area contributed by atoms with E-state index in [2.05, 4.69) is 17.6 Å². The van der Waals surface area contributed by atoms with Crippen LogP contribution in [0.2, 0.25) is 5.02 Å². The lowest BCUT2D eigenvalue weighted by molar-refractivity contribution is -0.125. The number of nitrogens with one attached hydrogen (secondary N) is 2. The van der Waals surface area contributed by atoms with Crippen LogP contribution in [0.5, 0.6) is 0 Å². The van der Waals surface area contributed by atoms with E-state index in [4.69, 9.17) is 11.6 Å². The van der Waals surface area contributed by atoms with E-state index >= 15 is 0 Å². The molecule has 0 aliphatic rings. The van der Waals surface area contributed by atoms with Crippen molar-refractivity contribution in [1.82, 2.24) is 10.6 Å². The maximum absolute atomic E-state index is 12.0. The summed E-state index contributed by atoms with van der Waals surface area (Å²) >= 11 is 5.97. The minimum absolute atomic E-state index is 0.0236. The van der Waals surface area contributed by atoms with Crippen molar-refractivity contribution in [2.75, 3.05) is 13.6 Å². The fourth-order valence-corrected chi connectivity index (χ4v) is 2.06. The summed E-state index contributed by atoms with van der Waals surface area (Å²) in [5, 5.41) is 6.76. The summed E-state index contributed by atoms with van der Waals surface area (Å²) in [5.74, 6) is 0.0272. The van der Waals surface area contributed by atoms with Crippen molar-refractivity contribution >= 4 is 17.5 Å². The highest BCUT2D eigenvalue weighted by molar-refractivity contribution is 6.30. The normalized spacial score (nSPS) is 14.0. The monoisotopic (exact) mass is 268 g/mol. The van der Waals surface area contributed by atoms with Crippen molar-refractivity contribution < 1.29 is 4.79 Å². The fraction of sp³-hybridized carbons (Fsp3) is 0.500. The molecule has 0 saturated heterocycles. The SMILES string of the molecule is CCC(NC(=O)C(C)CNC)c1cccc(Cl)c1. The van der Waals surface area contributed by atoms with Crippen molar-refractivity contribution in [2.24, 2.45) is 5.92 Å². The summed E-state index contributed by atoms with van der Waals surface area (Å²) in [6, 6.07) is 7.66. The van der Waals surface area contributed by atoms with Crippen LogP contribution in [0.1, 0.15) is 31.9 Å². The van der Waals surface area contributed by atoms with Crippen molar-refractivity contribution in [1.29, 1.82) is 0 Å². The molecule has 18 heavy (non-hydrogen) atoms. The van der Waals surface area contributed by atoms with Crippen LogP contribution in [0, 0.1) is 5.92 Å². The number of benzene rings is 1. The van der Waals surface area contributed by atoms with E-state index in [9.17, 15) is 4.79 Å². The Bertz CT molecular complexity index is 395. The average molecular weight is 269 g/mol. The lowest BCUT2D eigenvalue weighted by Crippen LogP contribution is -2.36. The molecule has 0 bridgehead atoms. The first-order valence-corrected chi connectivity index (χ1v) is 6.66. The molecule has 0 heterocycles. The number of carbonyl (C=O) groups excluding carboxylic acids is 1. The molecule has 1 rings (SSSR count). The quantitative estimate of drug-likeness (QED) is 0.833. The van der Waals surface area contributed by atoms with Gasteiger partial charge in [-0.05, 0) is 31.2 Å². The van der Waals surface area contributed by atoms with Crippen LogP contribution in [0.4, 0.5) is 0 Å². The second kappa shape index (κ2) is 7.39. The van der Waals surface area contributed by atoms with Crippen LogP contribution < -0.4 is 10.6 Å². The Balaban J connectivity index is 2.70. The largest absolute Gasteiger partial charge is 0.349 e. The average Bonchev–Trinajstić information content (AvgIpc) is 2.35. The van der Waals surface area contributed by atoms with E-state index in [0.717, 1.165) is 12.0 Å². The zero-order valence-electron chi connectivity index (χ0n) is 11.2. The first-order valence-electron chi connectivity index (χ1n) is 6.29. The van der Waals surface area contributed by atoms with Crippen molar-refractivity contribution in [2.45, 2.75) is 26.3 Å². The van der Waals surface area contributed by atoms with Gasteiger partial charge in [0.05, 0.1) is 6.04 Å². The van der Waals surface area contributed by atoms with Crippen LogP contribution in [0.25, 0.3) is 0 Å². The summed E-state index contributed by atoms with van der Waals surface area (Å²) in [6.07, 6.45) is 0.846. The Hall–Kier alpha value is -1.06. The number of amides is 1. The zero-order valence-corrected chi connectivity index (χ0v) is 11.9. The molecule has 2 N–H and O–H groups in total. The Kier molecular flexibility index (Phi) is 6.16. The third-order valence-electron chi connectivity index (χ3n) is 2.93. The highest BCUT2D eigenvalue weighted by Gasteiger charge is 2.17. The van der Waals surface area contributed by atoms with Crippen molar-refractivity contribution in [3.8, 4) is 0 Å². The molecule has 4 heteroatoms. The predicted molar refractivity (Wildman–Crippen MR) is 75.7 cm³/mol. The number of halogens is 1.